The van der Waals surface area contributed by atoms with Gasteiger partial charge in [-0.15, -0.1) is 0 Å². The van der Waals surface area contributed by atoms with Crippen LogP contribution in [0.5, 0.6) is 0 Å². The van der Waals surface area contributed by atoms with Crippen LogP contribution in [0, 0.1) is 31.6 Å². The molecule has 6 rings (SSSR count). The van der Waals surface area contributed by atoms with Gasteiger partial charge in [-0.3, -0.25) is 4.98 Å². The number of pyridine rings is 1. The summed E-state index contributed by atoms with van der Waals surface area (Å²) in [5, 5.41) is 2.51. The Morgan fingerprint density at radius 3 is 2.06 bits per heavy atom. The average Bonchev–Trinajstić information content (AvgIpc) is 3.53. The van der Waals surface area contributed by atoms with E-state index < -0.39 is 0 Å². The van der Waals surface area contributed by atoms with Gasteiger partial charge >= 0.3 is 0 Å². The van der Waals surface area contributed by atoms with Crippen molar-refractivity contribution < 1.29 is 4.74 Å². The van der Waals surface area contributed by atoms with Crippen molar-refractivity contribution in [2.75, 3.05) is 6.61 Å². The number of ether oxygens (including phenoxy) is 1. The van der Waals surface area contributed by atoms with Crippen LogP contribution < -0.4 is 0 Å². The lowest BCUT2D eigenvalue weighted by atomic mass is 9.72. The van der Waals surface area contributed by atoms with Crippen molar-refractivity contribution >= 4 is 27.7 Å². The SMILES string of the molecule is Cc1ccc2c(c1)c1cc(C)c(-c3cc(C(C)(C)C)ccn3)cc1n2-c1cc(C2=N[C@](C)(C(C(C)C)C(C)C)CO2)cc(C(C)(C)C)c1. The highest BCUT2D eigenvalue weighted by atomic mass is 16.5. The molecule has 48 heavy (non-hydrogen) atoms. The first-order chi connectivity index (χ1) is 22.4. The van der Waals surface area contributed by atoms with Crippen LogP contribution in [0.3, 0.4) is 0 Å². The molecule has 0 spiro atoms. The van der Waals surface area contributed by atoms with Crippen molar-refractivity contribution in [2.24, 2.45) is 22.7 Å². The Morgan fingerprint density at radius 2 is 1.42 bits per heavy atom. The summed E-state index contributed by atoms with van der Waals surface area (Å²) in [4.78, 5) is 10.3. The number of rotatable bonds is 6. The van der Waals surface area contributed by atoms with Gasteiger partial charge in [0, 0.05) is 33.8 Å². The number of aliphatic imine (C=N–C) groups is 1. The minimum Gasteiger partial charge on any atom is -0.475 e. The zero-order valence-corrected chi connectivity index (χ0v) is 31.5. The van der Waals surface area contributed by atoms with Crippen molar-refractivity contribution in [1.29, 1.82) is 0 Å². The van der Waals surface area contributed by atoms with Crippen LogP contribution >= 0.6 is 0 Å². The highest BCUT2D eigenvalue weighted by Crippen LogP contribution is 2.41. The van der Waals surface area contributed by atoms with Gasteiger partial charge in [0.05, 0.1) is 22.3 Å². The summed E-state index contributed by atoms with van der Waals surface area (Å²) >= 11 is 0. The van der Waals surface area contributed by atoms with E-state index in [-0.39, 0.29) is 16.4 Å². The van der Waals surface area contributed by atoms with Crippen LogP contribution in [0.1, 0.15) is 104 Å². The topological polar surface area (TPSA) is 39.4 Å². The first-order valence-corrected chi connectivity index (χ1v) is 17.8. The van der Waals surface area contributed by atoms with Crippen molar-refractivity contribution in [1.82, 2.24) is 9.55 Å². The molecule has 4 heteroatoms. The summed E-state index contributed by atoms with van der Waals surface area (Å²) in [5.41, 5.74) is 11.4. The largest absolute Gasteiger partial charge is 0.475 e. The van der Waals surface area contributed by atoms with Gasteiger partial charge in [-0.1, -0.05) is 80.9 Å². The van der Waals surface area contributed by atoms with Crippen molar-refractivity contribution in [3.05, 3.63) is 94.7 Å². The number of aromatic nitrogens is 2. The molecule has 2 aromatic heterocycles. The molecule has 5 aromatic rings. The quantitative estimate of drug-likeness (QED) is 0.185. The van der Waals surface area contributed by atoms with Gasteiger partial charge < -0.3 is 9.30 Å². The molecule has 0 saturated heterocycles. The molecule has 0 N–H and O–H groups in total. The normalized spacial score (nSPS) is 17.3. The van der Waals surface area contributed by atoms with Crippen LogP contribution in [0.2, 0.25) is 0 Å². The number of nitrogens with zero attached hydrogens (tertiary/aromatic N) is 3. The maximum Gasteiger partial charge on any atom is 0.216 e. The van der Waals surface area contributed by atoms with Crippen LogP contribution in [0.25, 0.3) is 38.8 Å². The predicted octanol–water partition coefficient (Wildman–Crippen LogP) is 11.5. The van der Waals surface area contributed by atoms with Gasteiger partial charge in [0.25, 0.3) is 0 Å². The van der Waals surface area contributed by atoms with E-state index in [0.717, 1.165) is 28.4 Å². The summed E-state index contributed by atoms with van der Waals surface area (Å²) in [6, 6.07) is 22.9. The second-order valence-electron chi connectivity index (χ2n) is 17.3. The molecule has 0 saturated carbocycles. The Morgan fingerprint density at radius 1 is 0.750 bits per heavy atom. The molecular weight excluding hydrogens is 587 g/mol. The fourth-order valence-electron chi connectivity index (χ4n) is 8.22. The van der Waals surface area contributed by atoms with Gasteiger partial charge in [-0.25, -0.2) is 4.99 Å². The van der Waals surface area contributed by atoms with Gasteiger partial charge in [0.15, 0.2) is 0 Å². The Balaban J connectivity index is 1.62. The standard InChI is InChI=1S/C44H55N3O/c1-26(2)40(27(3)4)44(13)25-48-41(46-44)30-20-32(43(10,11)12)22-33(21-30)47-38-15-14-28(5)18-35(38)36-19-29(6)34(24-39(36)47)37-23-31(16-17-45-37)42(7,8)9/h14-24,26-27,40H,25H2,1-13H3/t44-/m0/s1. The van der Waals surface area contributed by atoms with E-state index in [1.165, 1.54) is 44.1 Å². The third-order valence-electron chi connectivity index (χ3n) is 10.5. The van der Waals surface area contributed by atoms with E-state index >= 15 is 0 Å². The smallest absolute Gasteiger partial charge is 0.216 e. The fraction of sp³-hybridized carbons (Fsp3) is 0.455. The average molecular weight is 642 g/mol. The van der Waals surface area contributed by atoms with E-state index in [1.807, 2.05) is 6.20 Å². The maximum atomic E-state index is 6.53. The second kappa shape index (κ2) is 11.9. The van der Waals surface area contributed by atoms with Crippen LogP contribution in [-0.2, 0) is 15.6 Å². The number of aryl methyl sites for hydroxylation is 2. The van der Waals surface area contributed by atoms with Crippen LogP contribution in [0.15, 0.2) is 71.9 Å². The van der Waals surface area contributed by atoms with Gasteiger partial charge in [0.2, 0.25) is 5.90 Å². The molecule has 1 aliphatic rings. The summed E-state index contributed by atoms with van der Waals surface area (Å²) in [6.07, 6.45) is 1.96. The Bertz CT molecular complexity index is 2040. The lowest BCUT2D eigenvalue weighted by Gasteiger charge is -2.36. The van der Waals surface area contributed by atoms with Gasteiger partial charge in [-0.2, -0.15) is 0 Å². The molecule has 4 nitrogen and oxygen atoms in total. The summed E-state index contributed by atoms with van der Waals surface area (Å²) in [7, 11) is 0. The van der Waals surface area contributed by atoms with E-state index in [1.54, 1.807) is 0 Å². The molecule has 0 radical (unpaired) electrons. The molecule has 0 bridgehead atoms. The fourth-order valence-corrected chi connectivity index (χ4v) is 8.22. The monoisotopic (exact) mass is 641 g/mol. The lowest BCUT2D eigenvalue weighted by Crippen LogP contribution is -2.40. The summed E-state index contributed by atoms with van der Waals surface area (Å²) in [6.45, 7) is 30.2. The summed E-state index contributed by atoms with van der Waals surface area (Å²) in [5.74, 6) is 2.20. The van der Waals surface area contributed by atoms with Gasteiger partial charge in [0.1, 0.15) is 6.61 Å². The molecule has 252 valence electrons. The Kier molecular flexibility index (Phi) is 8.42. The molecule has 0 fully saturated rings. The summed E-state index contributed by atoms with van der Waals surface area (Å²) < 4.78 is 8.97. The third kappa shape index (κ3) is 6.08. The highest BCUT2D eigenvalue weighted by molar-refractivity contribution is 6.11. The molecule has 0 unspecified atom stereocenters. The first-order valence-electron chi connectivity index (χ1n) is 17.8. The Hall–Kier alpha value is -3.92. The number of fused-ring (bicyclic) bond motifs is 3. The molecule has 1 atom stereocenters. The van der Waals surface area contributed by atoms with E-state index in [0.29, 0.717) is 24.4 Å². The second-order valence-corrected chi connectivity index (χ2v) is 17.3. The molecule has 3 heterocycles. The minimum atomic E-state index is -0.263. The Labute approximate surface area is 288 Å². The van der Waals surface area contributed by atoms with E-state index in [4.69, 9.17) is 14.7 Å². The minimum absolute atomic E-state index is 0.0391. The third-order valence-corrected chi connectivity index (χ3v) is 10.5. The number of benzene rings is 3. The number of hydrogen-bond donors (Lipinski definition) is 0. The molecule has 1 aliphatic heterocycles. The van der Waals surface area contributed by atoms with Crippen molar-refractivity contribution in [3.8, 4) is 16.9 Å². The lowest BCUT2D eigenvalue weighted by molar-refractivity contribution is 0.129. The van der Waals surface area contributed by atoms with Crippen molar-refractivity contribution in [2.45, 2.75) is 106 Å². The predicted molar refractivity (Wildman–Crippen MR) is 205 cm³/mol. The molecule has 3 aromatic carbocycles. The first kappa shape index (κ1) is 34.0. The van der Waals surface area contributed by atoms with E-state index in [2.05, 4.69) is 155 Å². The molecular formula is C44H55N3O. The van der Waals surface area contributed by atoms with Gasteiger partial charge in [-0.05, 0) is 121 Å². The van der Waals surface area contributed by atoms with Crippen LogP contribution in [0.4, 0.5) is 0 Å². The maximum absolute atomic E-state index is 6.53. The molecule has 0 amide bonds. The highest BCUT2D eigenvalue weighted by Gasteiger charge is 2.43. The zero-order chi connectivity index (χ0) is 34.9. The zero-order valence-electron chi connectivity index (χ0n) is 31.5. The van der Waals surface area contributed by atoms with E-state index in [9.17, 15) is 0 Å². The molecule has 0 aliphatic carbocycles. The van der Waals surface area contributed by atoms with Crippen LogP contribution in [-0.4, -0.2) is 27.6 Å². The van der Waals surface area contributed by atoms with Crippen molar-refractivity contribution in [3.63, 3.8) is 0 Å². The number of hydrogen-bond acceptors (Lipinski definition) is 3.